The lowest BCUT2D eigenvalue weighted by Gasteiger charge is -2.32. The Morgan fingerprint density at radius 3 is 1.26 bits per heavy atom. The second-order valence-electron chi connectivity index (χ2n) is 34.0. The molecule has 0 radical (unpaired) electrons. The summed E-state index contributed by atoms with van der Waals surface area (Å²) < 4.78 is 74.6. The maximum Gasteiger partial charge on any atom is 0.323 e. The number of carboxylic acid groups (broad SMARTS) is 3. The Labute approximate surface area is 809 Å². The average molecular weight is 1990 g/mol. The number of nitrogens with zero attached hydrogens (tertiary/aromatic N) is 8. The van der Waals surface area contributed by atoms with Crippen molar-refractivity contribution in [3.8, 4) is 11.5 Å². The molecule has 5 heterocycles. The molecular weight excluding hydrogens is 1860 g/mol. The number of sulfonamides is 2. The summed E-state index contributed by atoms with van der Waals surface area (Å²) in [5.41, 5.74) is 1.56. The van der Waals surface area contributed by atoms with Gasteiger partial charge in [-0.15, -0.1) is 0 Å². The molecule has 18 N–H and O–H groups in total. The Hall–Kier alpha value is -13.8. The summed E-state index contributed by atoms with van der Waals surface area (Å²) in [4.78, 5) is 208. The van der Waals surface area contributed by atoms with Gasteiger partial charge in [0.2, 0.25) is 72.3 Å². The molecule has 760 valence electrons. The van der Waals surface area contributed by atoms with Gasteiger partial charge in [0.25, 0.3) is 11.8 Å². The smallest absolute Gasteiger partial charge is 0.323 e. The van der Waals surface area contributed by atoms with Gasteiger partial charge in [-0.05, 0) is 155 Å². The van der Waals surface area contributed by atoms with Crippen LogP contribution in [0.2, 0.25) is 0 Å². The Morgan fingerprint density at radius 2 is 0.857 bits per heavy atom. The monoisotopic (exact) mass is 1990 g/mol. The number of aromatic nitrogens is 6. The number of pyridine rings is 2. The van der Waals surface area contributed by atoms with Crippen molar-refractivity contribution in [2.75, 3.05) is 142 Å². The van der Waals surface area contributed by atoms with Crippen LogP contribution in [0.1, 0.15) is 126 Å². The molecule has 46 nitrogen and oxygen atoms in total. The SMILES string of the molecule is CCC(NC(=O)CC[C@H](NC(=O)CN1CCN(C)CCN(CC)CCN(CC(=O)O)CC1)C(=O)NC(CC)C(=O)NCCNC(=O)CCCOc1cc(C)c(S(=O)(=O)NC(CNC(=O)c2cn(C)c3cc(CNc4ncc[nH]4)ccc3c2=O)C(=O)O)c(C)c1)C(=O)NCCNC(=O)CCCOc1cc(C)c(S(=O)(=O)NC(CNC(=O)c2cn(C)c3cc(CNc4ncc[nH]4)ccc3c2=O)C(=O)O)c(C)c1. The normalized spacial score (nSPS) is 14.3. The fraction of sp³-hybridized carbons (Fsp3) is 0.478. The van der Waals surface area contributed by atoms with Crippen molar-refractivity contribution in [1.29, 1.82) is 0 Å². The number of anilines is 2. The van der Waals surface area contributed by atoms with Crippen molar-refractivity contribution in [3.05, 3.63) is 163 Å². The third kappa shape index (κ3) is 33.0. The van der Waals surface area contributed by atoms with E-state index in [1.54, 1.807) is 103 Å². The van der Waals surface area contributed by atoms with E-state index in [9.17, 15) is 99.3 Å². The fourth-order valence-corrected chi connectivity index (χ4v) is 19.0. The summed E-state index contributed by atoms with van der Waals surface area (Å²) >= 11 is 0. The second kappa shape index (κ2) is 52.8. The third-order valence-corrected chi connectivity index (χ3v) is 26.8. The lowest BCUT2D eigenvalue weighted by molar-refractivity contribution is -0.139. The summed E-state index contributed by atoms with van der Waals surface area (Å²) in [7, 11) is -3.92. The fourth-order valence-electron chi connectivity index (χ4n) is 15.7. The van der Waals surface area contributed by atoms with Crippen molar-refractivity contribution in [2.45, 2.75) is 153 Å². The van der Waals surface area contributed by atoms with Gasteiger partial charge in [-0.2, -0.15) is 9.44 Å². The predicted octanol–water partition coefficient (Wildman–Crippen LogP) is 0.111. The Morgan fingerprint density at radius 1 is 0.457 bits per heavy atom. The van der Waals surface area contributed by atoms with Gasteiger partial charge in [-0.25, -0.2) is 26.8 Å². The van der Waals surface area contributed by atoms with Crippen LogP contribution >= 0.6 is 0 Å². The van der Waals surface area contributed by atoms with E-state index in [1.807, 2.05) is 18.9 Å². The van der Waals surface area contributed by atoms with E-state index in [0.29, 0.717) is 75.3 Å². The number of rotatable bonds is 52. The number of likely N-dealkylation sites (N-methyl/N-ethyl adjacent to an activating group) is 2. The molecule has 48 heteroatoms. The topological polar surface area (TPSA) is 623 Å². The van der Waals surface area contributed by atoms with Crippen LogP contribution in [0.5, 0.6) is 11.5 Å². The highest BCUT2D eigenvalue weighted by molar-refractivity contribution is 7.90. The molecule has 4 aromatic heterocycles. The molecule has 0 aliphatic carbocycles. The molecular formula is C92H127N23O23S2. The maximum absolute atomic E-state index is 14.4. The van der Waals surface area contributed by atoms with E-state index in [2.05, 4.69) is 97.7 Å². The first kappa shape index (κ1) is 110. The van der Waals surface area contributed by atoms with E-state index in [-0.39, 0.29) is 169 Å². The number of imidazole rings is 2. The number of ether oxygens (including phenoxy) is 2. The molecule has 140 heavy (non-hydrogen) atoms. The molecule has 0 saturated carbocycles. The molecule has 9 amide bonds. The van der Waals surface area contributed by atoms with E-state index < -0.39 is 152 Å². The number of hydrogen-bond donors (Lipinski definition) is 18. The van der Waals surface area contributed by atoms with Crippen molar-refractivity contribution in [2.24, 2.45) is 14.1 Å². The van der Waals surface area contributed by atoms with Crippen LogP contribution in [-0.2, 0) is 95.2 Å². The van der Waals surface area contributed by atoms with Gasteiger partial charge in [-0.3, -0.25) is 76.9 Å². The molecule has 1 saturated heterocycles. The molecule has 8 aromatic rings. The zero-order chi connectivity index (χ0) is 102. The average Bonchev–Trinajstić information content (AvgIpc) is 0.950. The lowest BCUT2D eigenvalue weighted by Crippen LogP contribution is -2.55. The number of aromatic amines is 2. The van der Waals surface area contributed by atoms with Crippen molar-refractivity contribution >= 4 is 125 Å². The van der Waals surface area contributed by atoms with Crippen LogP contribution in [0.3, 0.4) is 0 Å². The van der Waals surface area contributed by atoms with Crippen molar-refractivity contribution in [1.82, 2.24) is 106 Å². The summed E-state index contributed by atoms with van der Waals surface area (Å²) in [6.45, 7) is 14.6. The number of aryl methyl sites for hydroxylation is 6. The summed E-state index contributed by atoms with van der Waals surface area (Å²) in [5.74, 6) is -8.67. The minimum Gasteiger partial charge on any atom is -0.494 e. The predicted molar refractivity (Wildman–Crippen MR) is 517 cm³/mol. The van der Waals surface area contributed by atoms with Gasteiger partial charge in [0.05, 0.1) is 47.1 Å². The lowest BCUT2D eigenvalue weighted by atomic mass is 10.1. The largest absolute Gasteiger partial charge is 0.494 e. The number of H-pyrrole nitrogens is 2. The van der Waals surface area contributed by atoms with Crippen LogP contribution in [0, 0.1) is 27.7 Å². The van der Waals surface area contributed by atoms with E-state index in [0.717, 1.165) is 24.2 Å². The number of benzene rings is 4. The first-order valence-corrected chi connectivity index (χ1v) is 48.9. The summed E-state index contributed by atoms with van der Waals surface area (Å²) in [5, 5.41) is 60.3. The number of nitrogens with one attached hydrogen (secondary N) is 15. The number of aliphatic carboxylic acids is 3. The molecule has 4 unspecified atom stereocenters. The van der Waals surface area contributed by atoms with E-state index in [4.69, 9.17) is 9.47 Å². The number of amides is 9. The molecule has 1 fully saturated rings. The number of carboxylic acids is 3. The molecule has 0 bridgehead atoms. The van der Waals surface area contributed by atoms with Gasteiger partial charge >= 0.3 is 17.9 Å². The molecule has 4 aromatic carbocycles. The zero-order valence-electron chi connectivity index (χ0n) is 80.0. The standard InChI is InChI=1S/C92H127N23O23S2/c1-11-68(86(126)95-26-24-93-75(116)16-14-40-137-62-42-56(4)82(57(5)43-62)139(133,134)108-71(89(129)130)50-101-84(124)66-52-111(9)73-46-60(18-20-64(73)80(66)122)48-103-91-97-28-29-98-91)105-77(118)23-22-70(106-78(119)54-114-35-33-110(8)32-34-113(13-3)36-37-115(39-38-114)55-79(120)121)88(128)107-69(12-2)87(127)96-27-25-94-76(117)17-15-41-138-63-44-58(6)83(59(7)45-63)140(135,136)109-72(90(131)132)51-102-85(125)67-53-112(10)74-47-61(19-21-65(74)81(67)123)49-104-92-99-30-31-100-92/h18-21,28-31,42-47,52-53,68-72,108-109H,11-17,22-27,32-41,48-51,54-55H2,1-10H3,(H,93,116)(H,94,117)(H,95,126)(H,96,127)(H,101,124)(H,102,125)(H,105,118)(H,106,119)(H,107,128)(H,120,121)(H,129,130)(H,131,132)(H2,97,98,103)(H2,99,100,104)/t68?,69?,70-,71?,72?/m0/s1. The van der Waals surface area contributed by atoms with Gasteiger partial charge in [0.15, 0.2) is 11.9 Å². The van der Waals surface area contributed by atoms with Crippen LogP contribution in [0.15, 0.2) is 117 Å². The van der Waals surface area contributed by atoms with Crippen LogP contribution in [-0.4, -0.2) is 314 Å². The molecule has 1 aliphatic heterocycles. The Kier molecular flexibility index (Phi) is 41.5. The van der Waals surface area contributed by atoms with Crippen molar-refractivity contribution in [3.63, 3.8) is 0 Å². The number of carbonyl (C=O) groups excluding carboxylic acids is 9. The summed E-state index contributed by atoms with van der Waals surface area (Å²) in [6.07, 6.45) is 8.89. The first-order valence-electron chi connectivity index (χ1n) is 46.0. The Bertz CT molecular complexity index is 6050. The van der Waals surface area contributed by atoms with Gasteiger partial charge in [0.1, 0.15) is 52.8 Å². The van der Waals surface area contributed by atoms with Crippen LogP contribution in [0.25, 0.3) is 21.8 Å². The first-order chi connectivity index (χ1) is 66.6. The Balaban J connectivity index is 0.708. The molecule has 5 atom stereocenters. The van der Waals surface area contributed by atoms with Gasteiger partial charge in [-0.1, -0.05) is 32.9 Å². The van der Waals surface area contributed by atoms with Crippen LogP contribution < -0.4 is 88.3 Å². The third-order valence-electron chi connectivity index (χ3n) is 23.2. The quantitative estimate of drug-likeness (QED) is 0.0225. The molecule has 0 spiro atoms. The number of hydrogen-bond acceptors (Lipinski definition) is 28. The highest BCUT2D eigenvalue weighted by Gasteiger charge is 2.34. The second-order valence-corrected chi connectivity index (χ2v) is 37.3. The highest BCUT2D eigenvalue weighted by Crippen LogP contribution is 2.29. The van der Waals surface area contributed by atoms with Crippen molar-refractivity contribution < 1.29 is 99.2 Å². The van der Waals surface area contributed by atoms with E-state index in [1.165, 1.54) is 64.4 Å². The minimum absolute atomic E-state index is 0.00246. The molecule has 9 rings (SSSR count). The highest BCUT2D eigenvalue weighted by atomic mass is 32.2. The zero-order valence-corrected chi connectivity index (χ0v) is 81.7. The minimum atomic E-state index is -4.57. The molecule has 1 aliphatic rings. The number of carbonyl (C=O) groups is 12. The summed E-state index contributed by atoms with van der Waals surface area (Å²) in [6, 6.07) is 8.38. The van der Waals surface area contributed by atoms with Gasteiger partial charge < -0.3 is 112 Å². The number of fused-ring (bicyclic) bond motifs is 2. The van der Waals surface area contributed by atoms with Crippen LogP contribution in [0.4, 0.5) is 11.9 Å². The van der Waals surface area contributed by atoms with E-state index >= 15 is 0 Å². The van der Waals surface area contributed by atoms with Gasteiger partial charge in [0, 0.05) is 186 Å². The maximum atomic E-state index is 14.4.